The molecule has 0 spiro atoms. The number of hydrogen-bond acceptors (Lipinski definition) is 4. The minimum Gasteiger partial charge on any atom is -0.497 e. The summed E-state index contributed by atoms with van der Waals surface area (Å²) in [5, 5.41) is 2.80. The van der Waals surface area contributed by atoms with E-state index in [0.29, 0.717) is 37.3 Å². The van der Waals surface area contributed by atoms with Gasteiger partial charge in [0.25, 0.3) is 0 Å². The van der Waals surface area contributed by atoms with Gasteiger partial charge in [0.05, 0.1) is 14.2 Å². The van der Waals surface area contributed by atoms with Crippen LogP contribution in [0.5, 0.6) is 17.2 Å². The van der Waals surface area contributed by atoms with E-state index in [2.05, 4.69) is 10.1 Å². The van der Waals surface area contributed by atoms with Crippen LogP contribution in [-0.2, 0) is 17.6 Å². The van der Waals surface area contributed by atoms with Gasteiger partial charge < -0.3 is 19.5 Å². The number of benzene rings is 2. The van der Waals surface area contributed by atoms with Gasteiger partial charge in [-0.25, -0.2) is 0 Å². The van der Waals surface area contributed by atoms with E-state index in [4.69, 9.17) is 9.47 Å². The van der Waals surface area contributed by atoms with Gasteiger partial charge in [0, 0.05) is 19.0 Å². The topological polar surface area (TPSA) is 56.8 Å². The Bertz CT molecular complexity index is 754. The number of aryl methyl sites for hydroxylation is 1. The smallest absolute Gasteiger partial charge is 0.497 e. The number of carbonyl (C=O) groups is 1. The fourth-order valence-corrected chi connectivity index (χ4v) is 2.56. The lowest BCUT2D eigenvalue weighted by atomic mass is 10.1. The lowest BCUT2D eigenvalue weighted by Crippen LogP contribution is -2.25. The molecule has 0 saturated heterocycles. The van der Waals surface area contributed by atoms with E-state index in [1.807, 2.05) is 12.1 Å². The Kier molecular flexibility index (Phi) is 7.54. The first kappa shape index (κ1) is 21.4. The predicted octanol–water partition coefficient (Wildman–Crippen LogP) is 3.89. The highest BCUT2D eigenvalue weighted by molar-refractivity contribution is 5.76. The molecule has 8 heteroatoms. The Balaban J connectivity index is 1.76. The quantitative estimate of drug-likeness (QED) is 0.698. The Morgan fingerprint density at radius 1 is 0.893 bits per heavy atom. The van der Waals surface area contributed by atoms with Crippen LogP contribution in [-0.4, -0.2) is 33.0 Å². The molecule has 0 atom stereocenters. The van der Waals surface area contributed by atoms with Crippen LogP contribution < -0.4 is 19.5 Å². The van der Waals surface area contributed by atoms with Gasteiger partial charge >= 0.3 is 6.36 Å². The van der Waals surface area contributed by atoms with Crippen LogP contribution >= 0.6 is 0 Å². The SMILES string of the molecule is COc1cc(CCC(=O)NCCc2ccc(OC(F)(F)F)cc2)cc(OC)c1. The number of halogens is 3. The molecule has 0 fully saturated rings. The van der Waals surface area contributed by atoms with Gasteiger partial charge in [-0.1, -0.05) is 12.1 Å². The van der Waals surface area contributed by atoms with Crippen molar-refractivity contribution in [1.29, 1.82) is 0 Å². The molecule has 0 aromatic heterocycles. The van der Waals surface area contributed by atoms with E-state index in [-0.39, 0.29) is 11.7 Å². The summed E-state index contributed by atoms with van der Waals surface area (Å²) in [6, 6.07) is 11.0. The average molecular weight is 397 g/mol. The standard InChI is InChI=1S/C20H22F3NO4/c1-26-17-11-15(12-18(13-17)27-2)5-8-19(25)24-10-9-14-3-6-16(7-4-14)28-20(21,22)23/h3-4,6-7,11-13H,5,8-10H2,1-2H3,(H,24,25). The molecule has 0 unspecified atom stereocenters. The first-order valence-corrected chi connectivity index (χ1v) is 8.62. The zero-order chi connectivity index (χ0) is 20.6. The molecule has 0 aliphatic carbocycles. The van der Waals surface area contributed by atoms with Crippen molar-refractivity contribution in [2.24, 2.45) is 0 Å². The highest BCUT2D eigenvalue weighted by atomic mass is 19.4. The lowest BCUT2D eigenvalue weighted by molar-refractivity contribution is -0.274. The summed E-state index contributed by atoms with van der Waals surface area (Å²) in [6.45, 7) is 0.389. The summed E-state index contributed by atoms with van der Waals surface area (Å²) in [7, 11) is 3.13. The van der Waals surface area contributed by atoms with Gasteiger partial charge in [-0.2, -0.15) is 0 Å². The zero-order valence-corrected chi connectivity index (χ0v) is 15.6. The minimum absolute atomic E-state index is 0.112. The van der Waals surface area contributed by atoms with E-state index >= 15 is 0 Å². The van der Waals surface area contributed by atoms with Crippen molar-refractivity contribution < 1.29 is 32.2 Å². The third-order valence-corrected chi connectivity index (χ3v) is 3.94. The van der Waals surface area contributed by atoms with E-state index < -0.39 is 6.36 Å². The molecular formula is C20H22F3NO4. The Morgan fingerprint density at radius 2 is 1.50 bits per heavy atom. The van der Waals surface area contributed by atoms with E-state index in [9.17, 15) is 18.0 Å². The van der Waals surface area contributed by atoms with Crippen molar-refractivity contribution in [2.45, 2.75) is 25.6 Å². The number of carbonyl (C=O) groups excluding carboxylic acids is 1. The summed E-state index contributed by atoms with van der Waals surface area (Å²) in [4.78, 5) is 12.0. The fraction of sp³-hybridized carbons (Fsp3) is 0.350. The second-order valence-corrected chi connectivity index (χ2v) is 6.01. The van der Waals surface area contributed by atoms with Crippen molar-refractivity contribution in [3.63, 3.8) is 0 Å². The van der Waals surface area contributed by atoms with Crippen LogP contribution in [0.2, 0.25) is 0 Å². The molecule has 152 valence electrons. The van der Waals surface area contributed by atoms with Crippen molar-refractivity contribution in [3.8, 4) is 17.2 Å². The Labute approximate surface area is 161 Å². The third-order valence-electron chi connectivity index (χ3n) is 3.94. The van der Waals surface area contributed by atoms with Crippen LogP contribution in [0.15, 0.2) is 42.5 Å². The predicted molar refractivity (Wildman–Crippen MR) is 97.7 cm³/mol. The molecule has 2 aromatic carbocycles. The molecule has 5 nitrogen and oxygen atoms in total. The molecule has 28 heavy (non-hydrogen) atoms. The number of amides is 1. The normalized spacial score (nSPS) is 11.0. The van der Waals surface area contributed by atoms with Gasteiger partial charge in [0.1, 0.15) is 17.2 Å². The van der Waals surface area contributed by atoms with E-state index in [1.54, 1.807) is 20.3 Å². The van der Waals surface area contributed by atoms with Gasteiger partial charge in [-0.05, 0) is 48.2 Å². The van der Waals surface area contributed by atoms with Crippen LogP contribution in [0, 0.1) is 0 Å². The van der Waals surface area contributed by atoms with Crippen LogP contribution in [0.3, 0.4) is 0 Å². The number of rotatable bonds is 9. The molecular weight excluding hydrogens is 375 g/mol. The average Bonchev–Trinajstić information content (AvgIpc) is 2.66. The van der Waals surface area contributed by atoms with E-state index in [1.165, 1.54) is 24.3 Å². The number of ether oxygens (including phenoxy) is 3. The highest BCUT2D eigenvalue weighted by Crippen LogP contribution is 2.24. The molecule has 2 aromatic rings. The maximum atomic E-state index is 12.1. The first-order valence-electron chi connectivity index (χ1n) is 8.62. The minimum atomic E-state index is -4.71. The number of nitrogens with one attached hydrogen (secondary N) is 1. The maximum Gasteiger partial charge on any atom is 0.573 e. The largest absolute Gasteiger partial charge is 0.573 e. The van der Waals surface area contributed by atoms with Crippen molar-refractivity contribution in [1.82, 2.24) is 5.32 Å². The van der Waals surface area contributed by atoms with Crippen molar-refractivity contribution >= 4 is 5.91 Å². The Hall–Kier alpha value is -2.90. The fourth-order valence-electron chi connectivity index (χ4n) is 2.56. The van der Waals surface area contributed by atoms with E-state index in [0.717, 1.165) is 11.1 Å². The number of hydrogen-bond donors (Lipinski definition) is 1. The van der Waals surface area contributed by atoms with Gasteiger partial charge in [0.15, 0.2) is 0 Å². The summed E-state index contributed by atoms with van der Waals surface area (Å²) < 4.78 is 50.6. The van der Waals surface area contributed by atoms with Crippen molar-refractivity contribution in [2.75, 3.05) is 20.8 Å². The Morgan fingerprint density at radius 3 is 2.04 bits per heavy atom. The second kappa shape index (κ2) is 9.87. The molecule has 2 rings (SSSR count). The monoisotopic (exact) mass is 397 g/mol. The molecule has 0 radical (unpaired) electrons. The van der Waals surface area contributed by atoms with Gasteiger partial charge in [0.2, 0.25) is 5.91 Å². The highest BCUT2D eigenvalue weighted by Gasteiger charge is 2.30. The molecule has 1 N–H and O–H groups in total. The first-order chi connectivity index (χ1) is 13.3. The maximum absolute atomic E-state index is 12.1. The second-order valence-electron chi connectivity index (χ2n) is 6.01. The lowest BCUT2D eigenvalue weighted by Gasteiger charge is -2.10. The summed E-state index contributed by atoms with van der Waals surface area (Å²) in [6.07, 6.45) is -3.37. The van der Waals surface area contributed by atoms with Gasteiger partial charge in [-0.15, -0.1) is 13.2 Å². The van der Waals surface area contributed by atoms with Crippen LogP contribution in [0.1, 0.15) is 17.5 Å². The molecule has 1 amide bonds. The number of alkyl halides is 3. The van der Waals surface area contributed by atoms with Crippen LogP contribution in [0.4, 0.5) is 13.2 Å². The summed E-state index contributed by atoms with van der Waals surface area (Å²) in [5.41, 5.74) is 1.72. The van der Waals surface area contributed by atoms with Crippen molar-refractivity contribution in [3.05, 3.63) is 53.6 Å². The van der Waals surface area contributed by atoms with Gasteiger partial charge in [-0.3, -0.25) is 4.79 Å². The molecule has 0 aliphatic rings. The number of methoxy groups -OCH3 is 2. The molecule has 0 saturated carbocycles. The third kappa shape index (κ3) is 7.38. The molecule has 0 aliphatic heterocycles. The molecule has 0 bridgehead atoms. The summed E-state index contributed by atoms with van der Waals surface area (Å²) >= 11 is 0. The molecule has 0 heterocycles. The zero-order valence-electron chi connectivity index (χ0n) is 15.6. The van der Waals surface area contributed by atoms with Crippen LogP contribution in [0.25, 0.3) is 0 Å². The summed E-state index contributed by atoms with van der Waals surface area (Å²) in [5.74, 6) is 0.938.